The first kappa shape index (κ1) is 27.0. The zero-order valence-corrected chi connectivity index (χ0v) is 22.9. The Labute approximate surface area is 223 Å². The van der Waals surface area contributed by atoms with Crippen LogP contribution in [0, 0.1) is 26.7 Å². The number of β-lactam (4-membered cyclic amide) rings is 1. The van der Waals surface area contributed by atoms with Crippen LogP contribution in [0.25, 0.3) is 0 Å². The number of nitrogens with zero attached hydrogens (tertiary/aromatic N) is 5. The molecule has 0 bridgehead atoms. The van der Waals surface area contributed by atoms with Gasteiger partial charge in [0.1, 0.15) is 11.9 Å². The summed E-state index contributed by atoms with van der Waals surface area (Å²) >= 11 is 0. The van der Waals surface area contributed by atoms with E-state index in [1.54, 1.807) is 37.2 Å². The maximum atomic E-state index is 13.7. The topological polar surface area (TPSA) is 114 Å². The molecule has 9 heteroatoms. The van der Waals surface area contributed by atoms with Crippen LogP contribution in [0.15, 0.2) is 42.7 Å². The number of aromatic nitrogens is 3. The SMILES string of the molecule is CC[C@@H](CC(=O)N1C(=O)[C@H](Cc2cc(C)nc(N)c2)[C@H]1C(=O)N(C)c1cnn(C)c1)c1ccc(C)c(C)c1. The fourth-order valence-corrected chi connectivity index (χ4v) is 5.18. The number of carbonyl (C=O) groups is 3. The molecule has 0 unspecified atom stereocenters. The smallest absolute Gasteiger partial charge is 0.250 e. The summed E-state index contributed by atoms with van der Waals surface area (Å²) in [5, 5.41) is 4.15. The molecule has 1 saturated heterocycles. The molecule has 9 nitrogen and oxygen atoms in total. The molecule has 0 aliphatic carbocycles. The summed E-state index contributed by atoms with van der Waals surface area (Å²) in [5.74, 6) is -1.37. The molecule has 0 spiro atoms. The zero-order valence-electron chi connectivity index (χ0n) is 22.9. The van der Waals surface area contributed by atoms with E-state index in [4.69, 9.17) is 5.73 Å². The number of hydrogen-bond donors (Lipinski definition) is 1. The van der Waals surface area contributed by atoms with E-state index in [1.807, 2.05) is 32.9 Å². The summed E-state index contributed by atoms with van der Waals surface area (Å²) in [7, 11) is 3.40. The van der Waals surface area contributed by atoms with Gasteiger partial charge in [0, 0.05) is 32.4 Å². The van der Waals surface area contributed by atoms with Crippen LogP contribution < -0.4 is 10.6 Å². The quantitative estimate of drug-likeness (QED) is 0.459. The highest BCUT2D eigenvalue weighted by Gasteiger charge is 2.55. The average molecular weight is 517 g/mol. The standard InChI is InChI=1S/C29H36N6O3/c1-7-21(22-9-8-17(2)18(3)10-22)14-26(36)35-27(29(38)34(6)23-15-31-33(5)16-23)24(28(35)37)12-20-11-19(4)32-25(30)13-20/h8-11,13,15-16,21,24,27H,7,12,14H2,1-6H3,(H2,30,32)/t21-,24+,27-/m0/s1. The molecule has 1 aromatic carbocycles. The minimum Gasteiger partial charge on any atom is -0.384 e. The van der Waals surface area contributed by atoms with Crippen molar-refractivity contribution in [2.24, 2.45) is 13.0 Å². The Bertz CT molecular complexity index is 1360. The lowest BCUT2D eigenvalue weighted by molar-refractivity contribution is -0.170. The van der Waals surface area contributed by atoms with Crippen LogP contribution in [0.3, 0.4) is 0 Å². The first-order valence-electron chi connectivity index (χ1n) is 12.9. The van der Waals surface area contributed by atoms with Gasteiger partial charge < -0.3 is 10.6 Å². The summed E-state index contributed by atoms with van der Waals surface area (Å²) in [6.07, 6.45) is 4.49. The fraction of sp³-hybridized carbons (Fsp3) is 0.414. The van der Waals surface area contributed by atoms with Gasteiger partial charge in [-0.05, 0) is 73.9 Å². The Morgan fingerprint density at radius 2 is 1.87 bits per heavy atom. The molecule has 200 valence electrons. The molecule has 1 aliphatic heterocycles. The number of imide groups is 1. The second kappa shape index (κ2) is 10.8. The highest BCUT2D eigenvalue weighted by Crippen LogP contribution is 2.35. The second-order valence-electron chi connectivity index (χ2n) is 10.3. The van der Waals surface area contributed by atoms with Crippen molar-refractivity contribution in [2.75, 3.05) is 17.7 Å². The Morgan fingerprint density at radius 3 is 2.47 bits per heavy atom. The maximum Gasteiger partial charge on any atom is 0.250 e. The average Bonchev–Trinajstić information content (AvgIpc) is 3.30. The maximum absolute atomic E-state index is 13.7. The van der Waals surface area contributed by atoms with E-state index in [1.165, 1.54) is 15.4 Å². The summed E-state index contributed by atoms with van der Waals surface area (Å²) in [6, 6.07) is 8.86. The zero-order chi connectivity index (χ0) is 27.7. The summed E-state index contributed by atoms with van der Waals surface area (Å²) in [4.78, 5) is 47.6. The Morgan fingerprint density at radius 1 is 1.13 bits per heavy atom. The van der Waals surface area contributed by atoms with Crippen LogP contribution in [0.4, 0.5) is 11.5 Å². The lowest BCUT2D eigenvalue weighted by atomic mass is 9.80. The summed E-state index contributed by atoms with van der Waals surface area (Å²) in [6.45, 7) is 7.96. The molecule has 3 heterocycles. The van der Waals surface area contributed by atoms with Gasteiger partial charge in [0.25, 0.3) is 5.91 Å². The predicted molar refractivity (Wildman–Crippen MR) is 146 cm³/mol. The second-order valence-corrected chi connectivity index (χ2v) is 10.3. The number of amides is 3. The number of nitrogen functional groups attached to an aromatic ring is 1. The van der Waals surface area contributed by atoms with Crippen molar-refractivity contribution in [1.82, 2.24) is 19.7 Å². The Hall–Kier alpha value is -4.01. The van der Waals surface area contributed by atoms with Crippen molar-refractivity contribution >= 4 is 29.2 Å². The highest BCUT2D eigenvalue weighted by atomic mass is 16.2. The van der Waals surface area contributed by atoms with Gasteiger partial charge in [-0.3, -0.25) is 24.0 Å². The third-order valence-electron chi connectivity index (χ3n) is 7.55. The monoisotopic (exact) mass is 516 g/mol. The number of rotatable bonds is 8. The van der Waals surface area contributed by atoms with Gasteiger partial charge >= 0.3 is 0 Å². The van der Waals surface area contributed by atoms with Crippen molar-refractivity contribution in [3.8, 4) is 0 Å². The number of aryl methyl sites for hydroxylation is 4. The Balaban J connectivity index is 1.61. The third kappa shape index (κ3) is 5.32. The molecular formula is C29H36N6O3. The largest absolute Gasteiger partial charge is 0.384 e. The number of nitrogens with two attached hydrogens (primary N) is 1. The van der Waals surface area contributed by atoms with Gasteiger partial charge in [0.05, 0.1) is 17.8 Å². The molecule has 0 saturated carbocycles. The van der Waals surface area contributed by atoms with Crippen LogP contribution in [-0.2, 0) is 27.9 Å². The van der Waals surface area contributed by atoms with Crippen LogP contribution in [0.2, 0.25) is 0 Å². The minimum absolute atomic E-state index is 0.0527. The molecule has 38 heavy (non-hydrogen) atoms. The van der Waals surface area contributed by atoms with Gasteiger partial charge in [0.2, 0.25) is 11.8 Å². The van der Waals surface area contributed by atoms with Gasteiger partial charge in [0.15, 0.2) is 0 Å². The lowest BCUT2D eigenvalue weighted by Gasteiger charge is -2.46. The normalized spacial score (nSPS) is 17.7. The van der Waals surface area contributed by atoms with Crippen LogP contribution in [-0.4, -0.2) is 50.5 Å². The van der Waals surface area contributed by atoms with Crippen LogP contribution in [0.5, 0.6) is 0 Å². The van der Waals surface area contributed by atoms with E-state index in [2.05, 4.69) is 29.1 Å². The van der Waals surface area contributed by atoms with Crippen LogP contribution in [0.1, 0.15) is 53.6 Å². The van der Waals surface area contributed by atoms with E-state index < -0.39 is 12.0 Å². The van der Waals surface area contributed by atoms with E-state index in [0.29, 0.717) is 17.9 Å². The fourth-order valence-electron chi connectivity index (χ4n) is 5.18. The van der Waals surface area contributed by atoms with Crippen molar-refractivity contribution in [1.29, 1.82) is 0 Å². The number of anilines is 2. The third-order valence-corrected chi connectivity index (χ3v) is 7.55. The number of hydrogen-bond acceptors (Lipinski definition) is 6. The molecule has 2 aromatic heterocycles. The van der Waals surface area contributed by atoms with E-state index in [0.717, 1.165) is 28.8 Å². The molecular weight excluding hydrogens is 480 g/mol. The number of likely N-dealkylation sites (tertiary alicyclic amines) is 1. The van der Waals surface area contributed by atoms with E-state index >= 15 is 0 Å². The lowest BCUT2D eigenvalue weighted by Crippen LogP contribution is -2.69. The van der Waals surface area contributed by atoms with E-state index in [9.17, 15) is 14.4 Å². The number of pyridine rings is 1. The highest BCUT2D eigenvalue weighted by molar-refractivity contribution is 6.12. The molecule has 3 atom stereocenters. The van der Waals surface area contributed by atoms with Gasteiger partial charge in [-0.1, -0.05) is 25.1 Å². The van der Waals surface area contributed by atoms with Crippen LogP contribution >= 0.6 is 0 Å². The number of carbonyl (C=O) groups excluding carboxylic acids is 3. The molecule has 0 radical (unpaired) electrons. The molecule has 3 amide bonds. The molecule has 3 aromatic rings. The first-order valence-corrected chi connectivity index (χ1v) is 12.9. The summed E-state index contributed by atoms with van der Waals surface area (Å²) in [5.41, 5.74) is 11.5. The predicted octanol–water partition coefficient (Wildman–Crippen LogP) is 3.47. The van der Waals surface area contributed by atoms with Gasteiger partial charge in [-0.2, -0.15) is 5.10 Å². The van der Waals surface area contributed by atoms with Crippen molar-refractivity contribution < 1.29 is 14.4 Å². The number of benzene rings is 1. The van der Waals surface area contributed by atoms with Gasteiger partial charge in [-0.15, -0.1) is 0 Å². The number of likely N-dealkylation sites (N-methyl/N-ethyl adjacent to an activating group) is 1. The first-order chi connectivity index (χ1) is 18.0. The molecule has 4 rings (SSSR count). The van der Waals surface area contributed by atoms with Crippen molar-refractivity contribution in [3.63, 3.8) is 0 Å². The van der Waals surface area contributed by atoms with Crippen molar-refractivity contribution in [2.45, 2.75) is 58.9 Å². The van der Waals surface area contributed by atoms with Crippen molar-refractivity contribution in [3.05, 3.63) is 70.7 Å². The van der Waals surface area contributed by atoms with E-state index in [-0.39, 0.29) is 30.1 Å². The van der Waals surface area contributed by atoms with Gasteiger partial charge in [-0.25, -0.2) is 4.98 Å². The Kier molecular flexibility index (Phi) is 7.66. The molecule has 2 N–H and O–H groups in total. The molecule has 1 fully saturated rings. The molecule has 1 aliphatic rings. The minimum atomic E-state index is -0.910. The summed E-state index contributed by atoms with van der Waals surface area (Å²) < 4.78 is 1.60.